The lowest BCUT2D eigenvalue weighted by molar-refractivity contribution is 0.0700. The van der Waals surface area contributed by atoms with Gasteiger partial charge in [0.05, 0.1) is 24.0 Å². The molecule has 10 heteroatoms. The molecule has 0 aliphatic carbocycles. The van der Waals surface area contributed by atoms with Gasteiger partial charge in [0, 0.05) is 23.4 Å². The molecule has 5 heterocycles. The second-order valence-electron chi connectivity index (χ2n) is 8.03. The van der Waals surface area contributed by atoms with Gasteiger partial charge in [-0.05, 0) is 13.3 Å². The molecule has 1 amide bonds. The molecule has 2 aliphatic rings. The molecule has 1 saturated heterocycles. The molecule has 1 aromatic carbocycles. The Labute approximate surface area is 180 Å². The van der Waals surface area contributed by atoms with Crippen LogP contribution in [0.3, 0.4) is 0 Å². The van der Waals surface area contributed by atoms with Gasteiger partial charge in [-0.15, -0.1) is 0 Å². The predicted molar refractivity (Wildman–Crippen MR) is 110 cm³/mol. The molecule has 0 saturated carbocycles. The molecule has 1 unspecified atom stereocenters. The van der Waals surface area contributed by atoms with E-state index in [-0.39, 0.29) is 29.2 Å². The van der Waals surface area contributed by atoms with Crippen LogP contribution in [-0.4, -0.2) is 41.7 Å². The average Bonchev–Trinajstić information content (AvgIpc) is 3.56. The number of carbonyl (C=O) groups excluding carboxylic acids is 1. The third-order valence-electron chi connectivity index (χ3n) is 6.29. The van der Waals surface area contributed by atoms with Crippen molar-refractivity contribution in [2.45, 2.75) is 25.4 Å². The fourth-order valence-corrected chi connectivity index (χ4v) is 4.95. The summed E-state index contributed by atoms with van der Waals surface area (Å²) in [5, 5.41) is 25.5. The van der Waals surface area contributed by atoms with Gasteiger partial charge in [0.2, 0.25) is 5.88 Å². The number of aromatic nitrogens is 4. The summed E-state index contributed by atoms with van der Waals surface area (Å²) in [6.07, 6.45) is 1.97. The van der Waals surface area contributed by atoms with Crippen molar-refractivity contribution in [1.82, 2.24) is 24.2 Å². The molecule has 6 rings (SSSR count). The topological polar surface area (TPSA) is 130 Å². The van der Waals surface area contributed by atoms with Gasteiger partial charge in [0.1, 0.15) is 23.2 Å². The van der Waals surface area contributed by atoms with Gasteiger partial charge in [-0.2, -0.15) is 5.26 Å². The lowest BCUT2D eigenvalue weighted by Gasteiger charge is -2.26. The zero-order valence-corrected chi connectivity index (χ0v) is 16.9. The van der Waals surface area contributed by atoms with E-state index in [4.69, 9.17) is 4.52 Å². The highest BCUT2D eigenvalue weighted by Crippen LogP contribution is 2.49. The van der Waals surface area contributed by atoms with Gasteiger partial charge in [0.15, 0.2) is 5.69 Å². The van der Waals surface area contributed by atoms with Gasteiger partial charge in [0.25, 0.3) is 5.91 Å². The molecule has 1 N–H and O–H groups in total. The Bertz CT molecular complexity index is 1540. The number of hydrogen-bond acceptors (Lipinski definition) is 7. The lowest BCUT2D eigenvalue weighted by Crippen LogP contribution is -2.38. The zero-order chi connectivity index (χ0) is 22.1. The first kappa shape index (κ1) is 18.4. The van der Waals surface area contributed by atoms with Gasteiger partial charge >= 0.3 is 5.69 Å². The first-order valence-corrected chi connectivity index (χ1v) is 10.1. The van der Waals surface area contributed by atoms with Crippen LogP contribution in [0.1, 0.15) is 46.1 Å². The second-order valence-corrected chi connectivity index (χ2v) is 8.03. The summed E-state index contributed by atoms with van der Waals surface area (Å²) >= 11 is 0. The molecule has 10 nitrogen and oxygen atoms in total. The van der Waals surface area contributed by atoms with Gasteiger partial charge in [-0.3, -0.25) is 9.36 Å². The van der Waals surface area contributed by atoms with Crippen molar-refractivity contribution >= 4 is 16.7 Å². The number of rotatable bonds is 2. The molecule has 2 bridgehead atoms. The van der Waals surface area contributed by atoms with Crippen molar-refractivity contribution in [3.63, 3.8) is 0 Å². The van der Waals surface area contributed by atoms with E-state index in [0.29, 0.717) is 40.9 Å². The lowest BCUT2D eigenvalue weighted by atomic mass is 10.1. The molecule has 1 fully saturated rings. The number of benzene rings is 1. The van der Waals surface area contributed by atoms with Crippen LogP contribution in [0.4, 0.5) is 0 Å². The third kappa shape index (κ3) is 2.27. The summed E-state index contributed by atoms with van der Waals surface area (Å²) in [6.45, 7) is 2.05. The first-order chi connectivity index (χ1) is 15.5. The standard InChI is InChI=1S/C22H16N6O4/c1-11-6-15(25-32-11)20(29)26-10-12-7-17(26)19-21(30)28(22(31)27(12)19)18-9-24-16(8-23)13-4-2-3-5-14(13)18/h2-6,9,12,17,30H,7,10H2,1H3/t12-,17?/m1/s1. The van der Waals surface area contributed by atoms with Crippen molar-refractivity contribution in [1.29, 1.82) is 5.26 Å². The number of imidazole rings is 1. The molecule has 2 atom stereocenters. The van der Waals surface area contributed by atoms with E-state index < -0.39 is 11.7 Å². The van der Waals surface area contributed by atoms with Crippen LogP contribution in [0.5, 0.6) is 5.88 Å². The Morgan fingerprint density at radius 3 is 2.81 bits per heavy atom. The normalized spacial score (nSPS) is 18.8. The van der Waals surface area contributed by atoms with E-state index in [1.165, 1.54) is 10.8 Å². The number of pyridine rings is 1. The maximum Gasteiger partial charge on any atom is 0.336 e. The summed E-state index contributed by atoms with van der Waals surface area (Å²) in [4.78, 5) is 32.1. The smallest absolute Gasteiger partial charge is 0.336 e. The van der Waals surface area contributed by atoms with Crippen LogP contribution in [0.2, 0.25) is 0 Å². The molecule has 158 valence electrons. The zero-order valence-electron chi connectivity index (χ0n) is 16.9. The highest BCUT2D eigenvalue weighted by molar-refractivity contribution is 5.94. The fraction of sp³-hybridized carbons (Fsp3) is 0.227. The molecular weight excluding hydrogens is 412 g/mol. The Morgan fingerprint density at radius 2 is 2.09 bits per heavy atom. The molecule has 0 spiro atoms. The maximum atomic E-state index is 13.4. The number of hydrogen-bond donors (Lipinski definition) is 1. The maximum absolute atomic E-state index is 13.4. The highest BCUT2D eigenvalue weighted by atomic mass is 16.5. The number of likely N-dealkylation sites (tertiary alicyclic amines) is 1. The van der Waals surface area contributed by atoms with E-state index in [2.05, 4.69) is 16.2 Å². The van der Waals surface area contributed by atoms with E-state index in [0.717, 1.165) is 0 Å². The quantitative estimate of drug-likeness (QED) is 0.518. The first-order valence-electron chi connectivity index (χ1n) is 10.1. The number of carbonyl (C=O) groups is 1. The van der Waals surface area contributed by atoms with Gasteiger partial charge in [-0.1, -0.05) is 29.4 Å². The number of fused-ring (bicyclic) bond motifs is 6. The van der Waals surface area contributed by atoms with Crippen LogP contribution < -0.4 is 5.69 Å². The van der Waals surface area contributed by atoms with Crippen molar-refractivity contribution in [3.05, 3.63) is 69.9 Å². The summed E-state index contributed by atoms with van der Waals surface area (Å²) < 4.78 is 7.79. The number of aryl methyl sites for hydroxylation is 1. The number of aromatic hydroxyl groups is 1. The van der Waals surface area contributed by atoms with E-state index in [1.54, 1.807) is 46.7 Å². The number of amides is 1. The van der Waals surface area contributed by atoms with E-state index in [1.807, 2.05) is 0 Å². The predicted octanol–water partition coefficient (Wildman–Crippen LogP) is 2.20. The second kappa shape index (κ2) is 6.31. The largest absolute Gasteiger partial charge is 0.493 e. The van der Waals surface area contributed by atoms with Crippen LogP contribution in [0.15, 0.2) is 45.8 Å². The van der Waals surface area contributed by atoms with Crippen LogP contribution >= 0.6 is 0 Å². The third-order valence-corrected chi connectivity index (χ3v) is 6.29. The minimum absolute atomic E-state index is 0.199. The van der Waals surface area contributed by atoms with Crippen LogP contribution in [-0.2, 0) is 0 Å². The van der Waals surface area contributed by atoms with Crippen molar-refractivity contribution < 1.29 is 14.4 Å². The summed E-state index contributed by atoms with van der Waals surface area (Å²) in [5.41, 5.74) is 0.821. The molecule has 2 aliphatic heterocycles. The average molecular weight is 428 g/mol. The highest BCUT2D eigenvalue weighted by Gasteiger charge is 2.49. The molecule has 3 aromatic heterocycles. The van der Waals surface area contributed by atoms with Gasteiger partial charge < -0.3 is 14.5 Å². The van der Waals surface area contributed by atoms with Crippen molar-refractivity contribution in [2.75, 3.05) is 6.54 Å². The Morgan fingerprint density at radius 1 is 1.31 bits per heavy atom. The minimum Gasteiger partial charge on any atom is -0.493 e. The summed E-state index contributed by atoms with van der Waals surface area (Å²) in [6, 6.07) is 10.0. The molecule has 32 heavy (non-hydrogen) atoms. The summed E-state index contributed by atoms with van der Waals surface area (Å²) in [5.74, 6) is 0.00231. The molecule has 0 radical (unpaired) electrons. The number of nitriles is 1. The Hall–Kier alpha value is -4.39. The van der Waals surface area contributed by atoms with Gasteiger partial charge in [-0.25, -0.2) is 14.3 Å². The van der Waals surface area contributed by atoms with Crippen LogP contribution in [0, 0.1) is 18.3 Å². The van der Waals surface area contributed by atoms with E-state index in [9.17, 15) is 20.0 Å². The summed E-state index contributed by atoms with van der Waals surface area (Å²) in [7, 11) is 0. The van der Waals surface area contributed by atoms with Crippen molar-refractivity contribution in [3.8, 4) is 17.6 Å². The Balaban J connectivity index is 1.50. The fourth-order valence-electron chi connectivity index (χ4n) is 4.95. The monoisotopic (exact) mass is 428 g/mol. The minimum atomic E-state index is -0.448. The van der Waals surface area contributed by atoms with Crippen molar-refractivity contribution in [2.24, 2.45) is 0 Å². The number of nitrogens with zero attached hydrogens (tertiary/aromatic N) is 6. The van der Waals surface area contributed by atoms with E-state index >= 15 is 0 Å². The van der Waals surface area contributed by atoms with Crippen LogP contribution in [0.25, 0.3) is 16.5 Å². The Kier molecular flexibility index (Phi) is 3.62. The molecule has 4 aromatic rings. The molecular formula is C22H16N6O4. The SMILES string of the molecule is Cc1cc(C(=O)N2C[C@H]3CC2c2c(O)n(-c4cnc(C#N)c5ccccc45)c(=O)n23)no1.